The number of carbonyl (C=O) groups is 2. The number of ether oxygens (including phenoxy) is 2. The molecule has 8 nitrogen and oxygen atoms in total. The Labute approximate surface area is 139 Å². The van der Waals surface area contributed by atoms with Gasteiger partial charge in [-0.15, -0.1) is 0 Å². The zero-order chi connectivity index (χ0) is 17.9. The quantitative estimate of drug-likeness (QED) is 0.471. The first kappa shape index (κ1) is 17.9. The molecule has 1 amide bonds. The number of nitro groups is 1. The van der Waals surface area contributed by atoms with Crippen LogP contribution in [0.4, 0.5) is 5.69 Å². The molecular weight excluding hydrogens is 316 g/mol. The standard InChI is InChI=1S/C16H20N2O6/c1-10-8-11(18(21)22)4-5-13(10)15(19)17-7-6-12(23-2)9-14(17)16(20)24-3/h4-5,8,12,14H,6-7,9H2,1-3H3/t12-,14-/m0/s1. The first-order valence-corrected chi connectivity index (χ1v) is 7.55. The van der Waals surface area contributed by atoms with Crippen LogP contribution in [0, 0.1) is 17.0 Å². The summed E-state index contributed by atoms with van der Waals surface area (Å²) in [4.78, 5) is 36.6. The third-order valence-corrected chi connectivity index (χ3v) is 4.27. The van der Waals surface area contributed by atoms with E-state index in [9.17, 15) is 19.7 Å². The van der Waals surface area contributed by atoms with Gasteiger partial charge in [0.25, 0.3) is 11.6 Å². The van der Waals surface area contributed by atoms with E-state index in [2.05, 4.69) is 0 Å². The highest BCUT2D eigenvalue weighted by Gasteiger charge is 2.37. The van der Waals surface area contributed by atoms with Gasteiger partial charge >= 0.3 is 5.97 Å². The van der Waals surface area contributed by atoms with Crippen molar-refractivity contribution in [3.8, 4) is 0 Å². The van der Waals surface area contributed by atoms with E-state index in [4.69, 9.17) is 9.47 Å². The van der Waals surface area contributed by atoms with Crippen molar-refractivity contribution in [2.45, 2.75) is 31.9 Å². The molecular formula is C16H20N2O6. The van der Waals surface area contributed by atoms with E-state index in [1.165, 1.54) is 30.2 Å². The van der Waals surface area contributed by atoms with Crippen LogP contribution in [0.25, 0.3) is 0 Å². The van der Waals surface area contributed by atoms with Crippen molar-refractivity contribution in [3.63, 3.8) is 0 Å². The van der Waals surface area contributed by atoms with Crippen molar-refractivity contribution in [2.75, 3.05) is 20.8 Å². The molecule has 0 bridgehead atoms. The third kappa shape index (κ3) is 3.53. The highest BCUT2D eigenvalue weighted by atomic mass is 16.6. The fraction of sp³-hybridized carbons (Fsp3) is 0.500. The van der Waals surface area contributed by atoms with Crippen molar-refractivity contribution in [2.24, 2.45) is 0 Å². The molecule has 0 aliphatic carbocycles. The summed E-state index contributed by atoms with van der Waals surface area (Å²) in [5, 5.41) is 10.8. The Hall–Kier alpha value is -2.48. The van der Waals surface area contributed by atoms with Crippen LogP contribution in [-0.4, -0.2) is 54.6 Å². The van der Waals surface area contributed by atoms with Crippen molar-refractivity contribution < 1.29 is 24.0 Å². The fourth-order valence-corrected chi connectivity index (χ4v) is 2.91. The number of amides is 1. The number of esters is 1. The van der Waals surface area contributed by atoms with Crippen LogP contribution in [0.2, 0.25) is 0 Å². The van der Waals surface area contributed by atoms with Crippen LogP contribution < -0.4 is 0 Å². The predicted octanol–water partition coefficient (Wildman–Crippen LogP) is 1.70. The zero-order valence-corrected chi connectivity index (χ0v) is 13.9. The van der Waals surface area contributed by atoms with Gasteiger partial charge in [-0.1, -0.05) is 0 Å². The molecule has 1 aromatic rings. The zero-order valence-electron chi connectivity index (χ0n) is 13.9. The summed E-state index contributed by atoms with van der Waals surface area (Å²) >= 11 is 0. The highest BCUT2D eigenvalue weighted by molar-refractivity contribution is 5.98. The summed E-state index contributed by atoms with van der Waals surface area (Å²) in [6.45, 7) is 1.99. The van der Waals surface area contributed by atoms with Gasteiger partial charge in [-0.25, -0.2) is 4.79 Å². The molecule has 1 aliphatic rings. The molecule has 0 spiro atoms. The SMILES string of the molecule is COC(=O)[C@@H]1C[C@@H](OC)CCN1C(=O)c1ccc([N+](=O)[O-])cc1C. The average molecular weight is 336 g/mol. The lowest BCUT2D eigenvalue weighted by atomic mass is 9.97. The molecule has 24 heavy (non-hydrogen) atoms. The van der Waals surface area contributed by atoms with Crippen LogP contribution in [0.3, 0.4) is 0 Å². The van der Waals surface area contributed by atoms with Crippen molar-refractivity contribution >= 4 is 17.6 Å². The van der Waals surface area contributed by atoms with Crippen LogP contribution in [-0.2, 0) is 14.3 Å². The maximum absolute atomic E-state index is 12.8. The molecule has 1 fully saturated rings. The molecule has 1 heterocycles. The average Bonchev–Trinajstić information content (AvgIpc) is 2.59. The fourth-order valence-electron chi connectivity index (χ4n) is 2.91. The molecule has 2 atom stereocenters. The first-order valence-electron chi connectivity index (χ1n) is 7.55. The van der Waals surface area contributed by atoms with Crippen molar-refractivity contribution in [1.82, 2.24) is 4.90 Å². The molecule has 1 aliphatic heterocycles. The number of nitrogens with zero attached hydrogens (tertiary/aromatic N) is 2. The summed E-state index contributed by atoms with van der Waals surface area (Å²) in [6, 6.07) is 3.33. The minimum atomic E-state index is -0.726. The minimum Gasteiger partial charge on any atom is -0.467 e. The lowest BCUT2D eigenvalue weighted by Crippen LogP contribution is -2.52. The Morgan fingerprint density at radius 2 is 2.04 bits per heavy atom. The third-order valence-electron chi connectivity index (χ3n) is 4.27. The van der Waals surface area contributed by atoms with Gasteiger partial charge in [0.05, 0.1) is 18.1 Å². The van der Waals surface area contributed by atoms with Gasteiger partial charge in [0, 0.05) is 37.8 Å². The Bertz CT molecular complexity index is 660. The van der Waals surface area contributed by atoms with E-state index in [1.54, 1.807) is 14.0 Å². The summed E-state index contributed by atoms with van der Waals surface area (Å²) in [7, 11) is 2.84. The van der Waals surface area contributed by atoms with Crippen LogP contribution in [0.15, 0.2) is 18.2 Å². The van der Waals surface area contributed by atoms with Crippen LogP contribution >= 0.6 is 0 Å². The van der Waals surface area contributed by atoms with Crippen LogP contribution in [0.5, 0.6) is 0 Å². The van der Waals surface area contributed by atoms with E-state index in [1.807, 2.05) is 0 Å². The number of hydrogen-bond acceptors (Lipinski definition) is 6. The number of aryl methyl sites for hydroxylation is 1. The van der Waals surface area contributed by atoms with Gasteiger partial charge in [0.1, 0.15) is 6.04 Å². The number of rotatable bonds is 4. The highest BCUT2D eigenvalue weighted by Crippen LogP contribution is 2.25. The van der Waals surface area contributed by atoms with Gasteiger partial charge in [-0.3, -0.25) is 14.9 Å². The number of non-ortho nitro benzene ring substituents is 1. The molecule has 0 aromatic heterocycles. The smallest absolute Gasteiger partial charge is 0.328 e. The largest absolute Gasteiger partial charge is 0.467 e. The molecule has 0 saturated carbocycles. The second-order valence-electron chi connectivity index (χ2n) is 5.68. The van der Waals surface area contributed by atoms with Crippen molar-refractivity contribution in [3.05, 3.63) is 39.4 Å². The summed E-state index contributed by atoms with van der Waals surface area (Å²) in [5.74, 6) is -0.836. The van der Waals surface area contributed by atoms with Gasteiger partial charge < -0.3 is 14.4 Å². The Morgan fingerprint density at radius 3 is 2.58 bits per heavy atom. The van der Waals surface area contributed by atoms with Gasteiger partial charge in [-0.2, -0.15) is 0 Å². The van der Waals surface area contributed by atoms with Crippen LogP contribution in [0.1, 0.15) is 28.8 Å². The lowest BCUT2D eigenvalue weighted by molar-refractivity contribution is -0.384. The molecule has 2 rings (SSSR count). The monoisotopic (exact) mass is 336 g/mol. The molecule has 130 valence electrons. The number of methoxy groups -OCH3 is 2. The Balaban J connectivity index is 2.29. The van der Waals surface area contributed by atoms with E-state index >= 15 is 0 Å². The molecule has 0 unspecified atom stereocenters. The maximum atomic E-state index is 12.8. The predicted molar refractivity (Wildman–Crippen MR) is 84.7 cm³/mol. The van der Waals surface area contributed by atoms with E-state index in [0.717, 1.165) is 0 Å². The molecule has 1 saturated heterocycles. The Morgan fingerprint density at radius 1 is 1.33 bits per heavy atom. The molecule has 0 N–H and O–H groups in total. The Kier molecular flexibility index (Phi) is 5.50. The van der Waals surface area contributed by atoms with E-state index in [-0.39, 0.29) is 17.7 Å². The van der Waals surface area contributed by atoms with E-state index in [0.29, 0.717) is 30.5 Å². The second-order valence-corrected chi connectivity index (χ2v) is 5.68. The number of likely N-dealkylation sites (tertiary alicyclic amines) is 1. The summed E-state index contributed by atoms with van der Waals surface area (Å²) in [6.07, 6.45) is 0.860. The molecule has 0 radical (unpaired) electrons. The molecule has 1 aromatic carbocycles. The summed E-state index contributed by atoms with van der Waals surface area (Å²) < 4.78 is 10.1. The number of benzene rings is 1. The van der Waals surface area contributed by atoms with Crippen molar-refractivity contribution in [1.29, 1.82) is 0 Å². The van der Waals surface area contributed by atoms with Gasteiger partial charge in [0.15, 0.2) is 0 Å². The minimum absolute atomic E-state index is 0.0772. The maximum Gasteiger partial charge on any atom is 0.328 e. The lowest BCUT2D eigenvalue weighted by Gasteiger charge is -2.37. The number of carbonyl (C=O) groups excluding carboxylic acids is 2. The topological polar surface area (TPSA) is 99.0 Å². The number of hydrogen-bond donors (Lipinski definition) is 0. The molecule has 8 heteroatoms. The number of piperidine rings is 1. The van der Waals surface area contributed by atoms with Gasteiger partial charge in [0.2, 0.25) is 0 Å². The number of nitro benzene ring substituents is 1. The summed E-state index contributed by atoms with van der Waals surface area (Å²) in [5.41, 5.74) is 0.753. The van der Waals surface area contributed by atoms with E-state index < -0.39 is 16.9 Å². The normalized spacial score (nSPS) is 20.5. The van der Waals surface area contributed by atoms with Gasteiger partial charge in [-0.05, 0) is 25.0 Å². The first-order chi connectivity index (χ1) is 11.4. The second kappa shape index (κ2) is 7.39.